The van der Waals surface area contributed by atoms with Crippen LogP contribution in [0.3, 0.4) is 0 Å². The van der Waals surface area contributed by atoms with Crippen LogP contribution in [0.15, 0.2) is 13.5 Å². The zero-order valence-corrected chi connectivity index (χ0v) is 16.0. The molecule has 0 aromatic carbocycles. The lowest BCUT2D eigenvalue weighted by Gasteiger charge is -2.40. The molecular formula is C7H14Cl4N3O2P3. The lowest BCUT2D eigenvalue weighted by molar-refractivity contribution is 0.0241. The Morgan fingerprint density at radius 2 is 1.37 bits per heavy atom. The summed E-state index contributed by atoms with van der Waals surface area (Å²) in [6, 6.07) is 0. The number of nitrogens with zero attached hydrogens (tertiary/aromatic N) is 3. The van der Waals surface area contributed by atoms with E-state index >= 15 is 0 Å². The van der Waals surface area contributed by atoms with Crippen LogP contribution in [-0.4, -0.2) is 13.2 Å². The topological polar surface area (TPSA) is 55.5 Å². The molecule has 0 aliphatic carbocycles. The Morgan fingerprint density at radius 3 is 1.79 bits per heavy atom. The van der Waals surface area contributed by atoms with Crippen molar-refractivity contribution in [2.24, 2.45) is 19.0 Å². The van der Waals surface area contributed by atoms with E-state index in [1.165, 1.54) is 0 Å². The Labute approximate surface area is 132 Å². The first-order valence-corrected chi connectivity index (χ1v) is 14.2. The normalized spacial score (nSPS) is 30.0. The third-order valence-corrected chi connectivity index (χ3v) is 14.3. The van der Waals surface area contributed by atoms with E-state index in [2.05, 4.69) is 27.4 Å². The van der Waals surface area contributed by atoms with Gasteiger partial charge in [-0.05, 0) is 57.8 Å². The van der Waals surface area contributed by atoms with E-state index in [1.807, 2.05) is 0 Å². The molecule has 0 N–H and O–H groups in total. The molecule has 0 amide bonds. The first kappa shape index (κ1) is 17.1. The third kappa shape index (κ3) is 3.95. The Balaban J connectivity index is 2.37. The molecule has 1 fully saturated rings. The van der Waals surface area contributed by atoms with E-state index in [0.717, 1.165) is 12.8 Å². The zero-order valence-electron chi connectivity index (χ0n) is 10.3. The molecule has 19 heavy (non-hydrogen) atoms. The molecule has 2 aliphatic rings. The first-order chi connectivity index (χ1) is 8.66. The average molecular weight is 407 g/mol. The minimum absolute atomic E-state index is 0.0235. The molecule has 5 nitrogen and oxygen atoms in total. The van der Waals surface area contributed by atoms with Gasteiger partial charge in [0.05, 0.1) is 13.2 Å². The predicted molar refractivity (Wildman–Crippen MR) is 86.4 cm³/mol. The predicted octanol–water partition coefficient (Wildman–Crippen LogP) is 7.65. The largest absolute Gasteiger partial charge is 0.345 e. The van der Waals surface area contributed by atoms with Crippen molar-refractivity contribution in [1.29, 1.82) is 0 Å². The van der Waals surface area contributed by atoms with Crippen molar-refractivity contribution in [2.75, 3.05) is 13.2 Å². The average Bonchev–Trinajstić information content (AvgIpc) is 2.26. The number of halogens is 4. The van der Waals surface area contributed by atoms with E-state index < -0.39 is 19.5 Å². The highest BCUT2D eigenvalue weighted by Crippen LogP contribution is 2.86. The van der Waals surface area contributed by atoms with Gasteiger partial charge in [0.2, 0.25) is 0 Å². The maximum Gasteiger partial charge on any atom is 0.345 e. The molecule has 12 heteroatoms. The third-order valence-electron chi connectivity index (χ3n) is 3.23. The summed E-state index contributed by atoms with van der Waals surface area (Å²) < 4.78 is 23.8. The summed E-state index contributed by atoms with van der Waals surface area (Å²) in [5.41, 5.74) is -0.0235. The van der Waals surface area contributed by atoms with Gasteiger partial charge in [0.1, 0.15) is 0 Å². The number of rotatable bonds is 2. The molecule has 0 aromatic heterocycles. The van der Waals surface area contributed by atoms with Crippen molar-refractivity contribution in [2.45, 2.75) is 26.7 Å². The van der Waals surface area contributed by atoms with Gasteiger partial charge >= 0.3 is 7.66 Å². The number of hydrogen-bond donors (Lipinski definition) is 0. The van der Waals surface area contributed by atoms with Crippen LogP contribution in [0, 0.1) is 5.41 Å². The van der Waals surface area contributed by atoms with Gasteiger partial charge in [0.15, 0.2) is 0 Å². The van der Waals surface area contributed by atoms with Crippen molar-refractivity contribution in [3.8, 4) is 0 Å². The fourth-order valence-corrected chi connectivity index (χ4v) is 16.0. The van der Waals surface area contributed by atoms with Gasteiger partial charge in [0.25, 0.3) is 11.8 Å². The Kier molecular flexibility index (Phi) is 5.19. The molecule has 2 rings (SSSR count). The fraction of sp³-hybridized carbons (Fsp3) is 1.00. The molecular weight excluding hydrogens is 393 g/mol. The van der Waals surface area contributed by atoms with Gasteiger partial charge in [-0.3, -0.25) is 0 Å². The smallest absolute Gasteiger partial charge is 0.306 e. The first-order valence-electron chi connectivity index (χ1n) is 5.65. The summed E-state index contributed by atoms with van der Waals surface area (Å²) >= 11 is 24.1. The van der Waals surface area contributed by atoms with Crippen LogP contribution >= 0.6 is 64.4 Å². The van der Waals surface area contributed by atoms with E-state index in [0.29, 0.717) is 13.2 Å². The number of hydrogen-bond acceptors (Lipinski definition) is 5. The molecule has 0 radical (unpaired) electrons. The minimum Gasteiger partial charge on any atom is -0.306 e. The monoisotopic (exact) mass is 405 g/mol. The Hall–Kier alpha value is 1.77. The van der Waals surface area contributed by atoms with Gasteiger partial charge in [-0.25, -0.2) is 0 Å². The van der Waals surface area contributed by atoms with Crippen molar-refractivity contribution >= 4 is 64.4 Å². The van der Waals surface area contributed by atoms with Crippen molar-refractivity contribution < 1.29 is 9.05 Å². The highest BCUT2D eigenvalue weighted by molar-refractivity contribution is 8.20. The van der Waals surface area contributed by atoms with E-state index in [4.69, 9.17) is 54.0 Å². The van der Waals surface area contributed by atoms with E-state index in [9.17, 15) is 0 Å². The van der Waals surface area contributed by atoms with Crippen LogP contribution in [0.2, 0.25) is 0 Å². The lowest BCUT2D eigenvalue weighted by Crippen LogP contribution is -2.34. The molecule has 112 valence electrons. The van der Waals surface area contributed by atoms with Crippen LogP contribution in [0.4, 0.5) is 0 Å². The van der Waals surface area contributed by atoms with Gasteiger partial charge in [-0.2, -0.15) is 13.5 Å². The SMILES string of the molecule is CCC1(CC)COP2(=NP(Cl)(Cl)=NP(Cl)(Cl)=N2)OC1. The highest BCUT2D eigenvalue weighted by Gasteiger charge is 2.43. The molecule has 2 aliphatic heterocycles. The quantitative estimate of drug-likeness (QED) is 0.442. The molecule has 0 bridgehead atoms. The van der Waals surface area contributed by atoms with Crippen molar-refractivity contribution in [3.63, 3.8) is 0 Å². The molecule has 2 heterocycles. The van der Waals surface area contributed by atoms with Crippen LogP contribution in [0.1, 0.15) is 26.7 Å². The second-order valence-electron chi connectivity index (χ2n) is 4.42. The van der Waals surface area contributed by atoms with Gasteiger partial charge in [0, 0.05) is 5.41 Å². The van der Waals surface area contributed by atoms with E-state index in [-0.39, 0.29) is 5.41 Å². The zero-order chi connectivity index (χ0) is 14.4. The molecule has 1 spiro atoms. The molecule has 0 saturated carbocycles. The summed E-state index contributed by atoms with van der Waals surface area (Å²) in [5, 5.41) is 0. The summed E-state index contributed by atoms with van der Waals surface area (Å²) in [5.74, 6) is -5.93. The minimum atomic E-state index is -2.97. The molecule has 0 unspecified atom stereocenters. The Bertz CT molecular complexity index is 514. The van der Waals surface area contributed by atoms with Gasteiger partial charge in [-0.1, -0.05) is 13.8 Å². The van der Waals surface area contributed by atoms with Gasteiger partial charge < -0.3 is 9.05 Å². The van der Waals surface area contributed by atoms with Crippen molar-refractivity contribution in [1.82, 2.24) is 0 Å². The van der Waals surface area contributed by atoms with Gasteiger partial charge in [-0.15, -0.1) is 0 Å². The van der Waals surface area contributed by atoms with E-state index in [1.54, 1.807) is 0 Å². The van der Waals surface area contributed by atoms with Crippen LogP contribution < -0.4 is 0 Å². The van der Waals surface area contributed by atoms with Crippen LogP contribution in [-0.2, 0) is 9.05 Å². The lowest BCUT2D eigenvalue weighted by atomic mass is 9.84. The Morgan fingerprint density at radius 1 is 0.895 bits per heavy atom. The van der Waals surface area contributed by atoms with Crippen molar-refractivity contribution in [3.05, 3.63) is 0 Å². The summed E-state index contributed by atoms with van der Waals surface area (Å²) in [4.78, 5) is 0. The van der Waals surface area contributed by atoms with Crippen LogP contribution in [0.25, 0.3) is 0 Å². The summed E-state index contributed by atoms with van der Waals surface area (Å²) in [7, 11) is -2.91. The maximum atomic E-state index is 6.03. The molecule has 1 saturated heterocycles. The highest BCUT2D eigenvalue weighted by atomic mass is 35.9. The standard InChI is InChI=1S/C7H14Cl4N3O2P3/c1-3-7(4-2)5-15-19(16-6-7)13-17(8,9)12-18(10,11)14-19/h3-6H2,1-2H3. The summed E-state index contributed by atoms with van der Waals surface area (Å²) in [6.45, 7) is 5.17. The fourth-order valence-electron chi connectivity index (χ4n) is 1.74. The van der Waals surface area contributed by atoms with Crippen LogP contribution in [0.5, 0.6) is 0 Å². The second-order valence-corrected chi connectivity index (χ2v) is 16.6. The molecule has 0 aromatic rings. The molecule has 0 atom stereocenters. The maximum absolute atomic E-state index is 6.03. The summed E-state index contributed by atoms with van der Waals surface area (Å²) in [6.07, 6.45) is 1.88. The second kappa shape index (κ2) is 5.76.